The van der Waals surface area contributed by atoms with E-state index in [0.29, 0.717) is 5.56 Å². The third-order valence-electron chi connectivity index (χ3n) is 3.02. The topological polar surface area (TPSA) is 84.5 Å². The summed E-state index contributed by atoms with van der Waals surface area (Å²) in [5.74, 6) is -1.18. The molecule has 20 heavy (non-hydrogen) atoms. The van der Waals surface area contributed by atoms with E-state index in [4.69, 9.17) is 4.74 Å². The first-order valence-corrected chi connectivity index (χ1v) is 6.44. The smallest absolute Gasteiger partial charge is 0.328 e. The summed E-state index contributed by atoms with van der Waals surface area (Å²) in [5.41, 5.74) is 0.472. The average molecular weight is 276 g/mol. The Morgan fingerprint density at radius 2 is 2.05 bits per heavy atom. The van der Waals surface area contributed by atoms with Gasteiger partial charge in [0.15, 0.2) is 0 Å². The van der Waals surface area contributed by atoms with E-state index in [9.17, 15) is 14.4 Å². The highest BCUT2D eigenvalue weighted by Gasteiger charge is 2.37. The number of esters is 1. The lowest BCUT2D eigenvalue weighted by atomic mass is 10.1. The van der Waals surface area contributed by atoms with Crippen molar-refractivity contribution in [1.82, 2.24) is 10.6 Å². The van der Waals surface area contributed by atoms with Crippen LogP contribution in [0.5, 0.6) is 0 Å². The lowest BCUT2D eigenvalue weighted by Gasteiger charge is -2.10. The molecule has 0 aromatic heterocycles. The van der Waals surface area contributed by atoms with Crippen molar-refractivity contribution in [2.75, 3.05) is 6.61 Å². The molecule has 6 nitrogen and oxygen atoms in total. The van der Waals surface area contributed by atoms with E-state index in [0.717, 1.165) is 0 Å². The molecule has 2 N–H and O–H groups in total. The maximum atomic E-state index is 11.9. The predicted octanol–water partition coefficient (Wildman–Crippen LogP) is 0.237. The minimum atomic E-state index is -0.711. The van der Waals surface area contributed by atoms with Gasteiger partial charge in [0.05, 0.1) is 6.61 Å². The molecule has 0 bridgehead atoms. The normalized spacial score (nSPS) is 21.1. The summed E-state index contributed by atoms with van der Waals surface area (Å²) in [6, 6.07) is 7.20. The van der Waals surface area contributed by atoms with Crippen molar-refractivity contribution in [3.63, 3.8) is 0 Å². The zero-order chi connectivity index (χ0) is 14.5. The molecule has 1 aliphatic rings. The second kappa shape index (κ2) is 6.18. The van der Waals surface area contributed by atoms with Gasteiger partial charge in [-0.2, -0.15) is 0 Å². The highest BCUT2D eigenvalue weighted by atomic mass is 16.5. The van der Waals surface area contributed by atoms with Crippen LogP contribution in [0.15, 0.2) is 30.3 Å². The van der Waals surface area contributed by atoms with Crippen molar-refractivity contribution in [3.8, 4) is 0 Å². The maximum absolute atomic E-state index is 11.9. The Labute approximate surface area is 116 Å². The van der Waals surface area contributed by atoms with Crippen LogP contribution in [0.1, 0.15) is 23.7 Å². The van der Waals surface area contributed by atoms with Crippen molar-refractivity contribution in [1.29, 1.82) is 0 Å². The predicted molar refractivity (Wildman–Crippen MR) is 70.9 cm³/mol. The average Bonchev–Trinajstić information content (AvgIpc) is 2.81. The highest BCUT2D eigenvalue weighted by Crippen LogP contribution is 2.11. The standard InChI is InChI=1S/C14H16N2O4/c1-2-20-14(19)11-8-10(13(18)16-11)15-12(17)9-6-4-3-5-7-9/h3-7,10-11H,2,8H2,1H3,(H,15,17)(H,16,18)/t10-,11-/m0/s1. The molecule has 0 spiro atoms. The van der Waals surface area contributed by atoms with E-state index >= 15 is 0 Å². The first kappa shape index (κ1) is 14.0. The number of hydrogen-bond donors (Lipinski definition) is 2. The lowest BCUT2D eigenvalue weighted by molar-refractivity contribution is -0.145. The van der Waals surface area contributed by atoms with Crippen molar-refractivity contribution in [2.24, 2.45) is 0 Å². The molecule has 0 radical (unpaired) electrons. The molecule has 1 aromatic carbocycles. The number of amides is 2. The molecule has 1 aliphatic heterocycles. The van der Waals surface area contributed by atoms with Gasteiger partial charge in [-0.25, -0.2) is 4.79 Å². The van der Waals surface area contributed by atoms with Gasteiger partial charge in [-0.15, -0.1) is 0 Å². The maximum Gasteiger partial charge on any atom is 0.328 e. The minimum absolute atomic E-state index is 0.205. The Kier molecular flexibility index (Phi) is 4.34. The Morgan fingerprint density at radius 3 is 2.70 bits per heavy atom. The Bertz CT molecular complexity index is 515. The van der Waals surface area contributed by atoms with Gasteiger partial charge in [0.2, 0.25) is 5.91 Å². The number of nitrogens with one attached hydrogen (secondary N) is 2. The fraction of sp³-hybridized carbons (Fsp3) is 0.357. The van der Waals surface area contributed by atoms with Gasteiger partial charge in [-0.05, 0) is 19.1 Å². The summed E-state index contributed by atoms with van der Waals surface area (Å²) >= 11 is 0. The van der Waals surface area contributed by atoms with Crippen LogP contribution in [0.25, 0.3) is 0 Å². The molecule has 1 heterocycles. The molecule has 2 rings (SSSR count). The van der Waals surface area contributed by atoms with Crippen molar-refractivity contribution < 1.29 is 19.1 Å². The summed E-state index contributed by atoms with van der Waals surface area (Å²) in [6.07, 6.45) is 0.205. The molecule has 0 aliphatic carbocycles. The van der Waals surface area contributed by atoms with Gasteiger partial charge >= 0.3 is 5.97 Å². The SMILES string of the molecule is CCOC(=O)[C@@H]1C[C@H](NC(=O)c2ccccc2)C(=O)N1. The number of carbonyl (C=O) groups excluding carboxylic acids is 3. The van der Waals surface area contributed by atoms with Crippen LogP contribution >= 0.6 is 0 Å². The number of ether oxygens (including phenoxy) is 1. The van der Waals surface area contributed by atoms with Gasteiger partial charge in [0.1, 0.15) is 12.1 Å². The quantitative estimate of drug-likeness (QED) is 0.771. The zero-order valence-corrected chi connectivity index (χ0v) is 11.1. The molecule has 106 valence electrons. The molecule has 1 aromatic rings. The van der Waals surface area contributed by atoms with Gasteiger partial charge in [-0.1, -0.05) is 18.2 Å². The van der Waals surface area contributed by atoms with Crippen molar-refractivity contribution in [3.05, 3.63) is 35.9 Å². The van der Waals surface area contributed by atoms with Crippen LogP contribution in [-0.4, -0.2) is 36.5 Å². The fourth-order valence-electron chi connectivity index (χ4n) is 2.03. The summed E-state index contributed by atoms with van der Waals surface area (Å²) in [4.78, 5) is 35.2. The van der Waals surface area contributed by atoms with E-state index in [1.165, 1.54) is 0 Å². The molecule has 1 saturated heterocycles. The molecule has 2 amide bonds. The number of hydrogen-bond acceptors (Lipinski definition) is 4. The number of rotatable bonds is 4. The summed E-state index contributed by atoms with van der Waals surface area (Å²) in [5, 5.41) is 5.13. The largest absolute Gasteiger partial charge is 0.464 e. The monoisotopic (exact) mass is 276 g/mol. The van der Waals surface area contributed by atoms with Crippen LogP contribution in [0, 0.1) is 0 Å². The van der Waals surface area contributed by atoms with Crippen LogP contribution in [0.3, 0.4) is 0 Å². The van der Waals surface area contributed by atoms with Crippen molar-refractivity contribution in [2.45, 2.75) is 25.4 Å². The zero-order valence-electron chi connectivity index (χ0n) is 11.1. The third-order valence-corrected chi connectivity index (χ3v) is 3.02. The molecular weight excluding hydrogens is 260 g/mol. The molecule has 0 saturated carbocycles. The lowest BCUT2D eigenvalue weighted by Crippen LogP contribution is -2.40. The third kappa shape index (κ3) is 3.14. The van der Waals surface area contributed by atoms with Crippen LogP contribution in [0.2, 0.25) is 0 Å². The van der Waals surface area contributed by atoms with Gasteiger partial charge in [-0.3, -0.25) is 9.59 Å². The second-order valence-corrected chi connectivity index (χ2v) is 4.44. The van der Waals surface area contributed by atoms with Crippen LogP contribution < -0.4 is 10.6 Å². The van der Waals surface area contributed by atoms with E-state index in [1.807, 2.05) is 0 Å². The van der Waals surface area contributed by atoms with E-state index < -0.39 is 18.1 Å². The molecular formula is C14H16N2O4. The fourth-order valence-corrected chi connectivity index (χ4v) is 2.03. The van der Waals surface area contributed by atoms with Gasteiger partial charge < -0.3 is 15.4 Å². The van der Waals surface area contributed by atoms with E-state index in [1.54, 1.807) is 37.3 Å². The summed E-state index contributed by atoms with van der Waals surface area (Å²) < 4.78 is 4.85. The number of carbonyl (C=O) groups is 3. The van der Waals surface area contributed by atoms with Crippen LogP contribution in [-0.2, 0) is 14.3 Å². The Hall–Kier alpha value is -2.37. The second-order valence-electron chi connectivity index (χ2n) is 4.44. The van der Waals surface area contributed by atoms with Gasteiger partial charge in [0, 0.05) is 12.0 Å². The Morgan fingerprint density at radius 1 is 1.35 bits per heavy atom. The Balaban J connectivity index is 1.96. The number of benzene rings is 1. The van der Waals surface area contributed by atoms with E-state index in [2.05, 4.69) is 10.6 Å². The first-order valence-electron chi connectivity index (χ1n) is 6.44. The molecule has 6 heteroatoms. The summed E-state index contributed by atoms with van der Waals surface area (Å²) in [7, 11) is 0. The molecule has 1 fully saturated rings. The molecule has 2 atom stereocenters. The first-order chi connectivity index (χ1) is 9.61. The van der Waals surface area contributed by atoms with Crippen molar-refractivity contribution >= 4 is 17.8 Å². The molecule has 0 unspecified atom stereocenters. The highest BCUT2D eigenvalue weighted by molar-refractivity contribution is 5.99. The minimum Gasteiger partial charge on any atom is -0.464 e. The van der Waals surface area contributed by atoms with Crippen LogP contribution in [0.4, 0.5) is 0 Å². The van der Waals surface area contributed by atoms with E-state index in [-0.39, 0.29) is 24.8 Å². The van der Waals surface area contributed by atoms with Gasteiger partial charge in [0.25, 0.3) is 5.91 Å². The summed E-state index contributed by atoms with van der Waals surface area (Å²) in [6.45, 7) is 1.95.